The first-order chi connectivity index (χ1) is 19.0. The minimum Gasteiger partial charge on any atom is -0.461 e. The molecule has 216 valence electrons. The molecule has 0 aliphatic heterocycles. The van der Waals surface area contributed by atoms with Gasteiger partial charge in [-0.1, -0.05) is 37.6 Å². The second kappa shape index (κ2) is 11.1. The fourth-order valence-electron chi connectivity index (χ4n) is 8.53. The first-order valence-electron chi connectivity index (χ1n) is 15.1. The van der Waals surface area contributed by atoms with Gasteiger partial charge in [0.25, 0.3) is 0 Å². The Balaban J connectivity index is 1.18. The normalized spacial score (nSPS) is 32.6. The molecule has 2 amide bonds. The van der Waals surface area contributed by atoms with Crippen LogP contribution in [0.5, 0.6) is 0 Å². The maximum absolute atomic E-state index is 12.6. The van der Waals surface area contributed by atoms with Crippen molar-refractivity contribution in [3.8, 4) is 0 Å². The third-order valence-corrected chi connectivity index (χ3v) is 10.7. The predicted molar refractivity (Wildman–Crippen MR) is 155 cm³/mol. The number of hydrogen-bond donors (Lipinski definition) is 1. The summed E-state index contributed by atoms with van der Waals surface area (Å²) in [5.74, 6) is 1.06. The maximum Gasteiger partial charge on any atom is 0.325 e. The van der Waals surface area contributed by atoms with Gasteiger partial charge in [-0.15, -0.1) is 0 Å². The van der Waals surface area contributed by atoms with Crippen LogP contribution in [-0.4, -0.2) is 52.9 Å². The van der Waals surface area contributed by atoms with E-state index in [0.717, 1.165) is 32.1 Å². The molecule has 0 unspecified atom stereocenters. The van der Waals surface area contributed by atoms with E-state index in [-0.39, 0.29) is 47.9 Å². The van der Waals surface area contributed by atoms with Gasteiger partial charge in [0.1, 0.15) is 12.6 Å². The molecule has 7 nitrogen and oxygen atoms in total. The zero-order valence-electron chi connectivity index (χ0n) is 24.7. The fraction of sp³-hybridized carbons (Fsp3) is 0.636. The van der Waals surface area contributed by atoms with Crippen LogP contribution in [0.2, 0.25) is 0 Å². The number of amides is 2. The molecular formula is C33H45N3O4. The number of pyridine rings is 1. The van der Waals surface area contributed by atoms with Crippen molar-refractivity contribution in [2.45, 2.75) is 91.7 Å². The van der Waals surface area contributed by atoms with Crippen molar-refractivity contribution >= 4 is 23.4 Å². The van der Waals surface area contributed by atoms with Crippen molar-refractivity contribution in [1.82, 2.24) is 15.2 Å². The highest BCUT2D eigenvalue weighted by Gasteiger charge is 2.57. The van der Waals surface area contributed by atoms with Crippen molar-refractivity contribution in [3.63, 3.8) is 0 Å². The van der Waals surface area contributed by atoms with Gasteiger partial charge in [0.2, 0.25) is 11.8 Å². The number of fused-ring (bicyclic) bond motifs is 5. The summed E-state index contributed by atoms with van der Waals surface area (Å²) in [5, 5.41) is 2.62. The molecular weight excluding hydrogens is 502 g/mol. The van der Waals surface area contributed by atoms with E-state index in [4.69, 9.17) is 4.74 Å². The fourth-order valence-corrected chi connectivity index (χ4v) is 8.53. The summed E-state index contributed by atoms with van der Waals surface area (Å²) < 4.78 is 5.83. The number of esters is 1. The lowest BCUT2D eigenvalue weighted by Crippen LogP contribution is -2.50. The number of carbonyl (C=O) groups is 3. The number of rotatable bonds is 7. The number of carbonyl (C=O) groups excluding carboxylic acids is 3. The van der Waals surface area contributed by atoms with E-state index < -0.39 is 5.97 Å². The van der Waals surface area contributed by atoms with E-state index in [1.165, 1.54) is 41.4 Å². The average Bonchev–Trinajstić information content (AvgIpc) is 3.28. The Morgan fingerprint density at radius 2 is 1.88 bits per heavy atom. The van der Waals surface area contributed by atoms with E-state index in [2.05, 4.69) is 42.4 Å². The van der Waals surface area contributed by atoms with Crippen LogP contribution >= 0.6 is 0 Å². The van der Waals surface area contributed by atoms with Crippen LogP contribution in [0.4, 0.5) is 0 Å². The van der Waals surface area contributed by atoms with E-state index in [9.17, 15) is 14.4 Å². The summed E-state index contributed by atoms with van der Waals surface area (Å²) >= 11 is 0. The minimum atomic E-state index is -0.413. The quantitative estimate of drug-likeness (QED) is 0.369. The number of aromatic nitrogens is 1. The summed E-state index contributed by atoms with van der Waals surface area (Å²) in [5.41, 5.74) is 4.59. The minimum absolute atomic E-state index is 0.0587. The lowest BCUT2D eigenvalue weighted by Gasteiger charge is -2.57. The highest BCUT2D eigenvalue weighted by Crippen LogP contribution is 2.66. The van der Waals surface area contributed by atoms with Gasteiger partial charge >= 0.3 is 5.97 Å². The molecule has 7 heteroatoms. The first-order valence-corrected chi connectivity index (χ1v) is 15.1. The van der Waals surface area contributed by atoms with Crippen molar-refractivity contribution in [2.24, 2.45) is 28.6 Å². The lowest BCUT2D eigenvalue weighted by molar-refractivity contribution is -0.151. The number of nitrogens with zero attached hydrogens (tertiary/aromatic N) is 2. The van der Waals surface area contributed by atoms with Crippen LogP contribution in [0.3, 0.4) is 0 Å². The lowest BCUT2D eigenvalue weighted by atomic mass is 9.47. The zero-order chi connectivity index (χ0) is 28.7. The van der Waals surface area contributed by atoms with Crippen LogP contribution in [0.15, 0.2) is 42.3 Å². The largest absolute Gasteiger partial charge is 0.461 e. The standard InChI is InChI=1S/C33H45N3O4/c1-21(2)36(22(3)37)20-30(38)35-19-31(39)40-25-12-14-32(4)24(17-25)8-9-26-28-11-10-27(23-7-6-16-34-18-23)33(28,5)15-13-29(26)32/h6-8,10,16,18,21,25-26,28-29H,9,11-15,17,19-20H2,1-5H3,(H,35,38)/t25-,26-,28-,29-,32-,33+/m0/s1. The maximum atomic E-state index is 12.6. The molecule has 1 N–H and O–H groups in total. The van der Waals surface area contributed by atoms with Crippen molar-refractivity contribution in [1.29, 1.82) is 0 Å². The molecule has 0 bridgehead atoms. The van der Waals surface area contributed by atoms with Crippen molar-refractivity contribution < 1.29 is 19.1 Å². The molecule has 0 radical (unpaired) electrons. The van der Waals surface area contributed by atoms with E-state index in [1.807, 2.05) is 32.3 Å². The molecule has 4 aliphatic rings. The summed E-state index contributed by atoms with van der Waals surface area (Å²) in [6, 6.07) is 4.17. The zero-order valence-corrected chi connectivity index (χ0v) is 24.7. The number of allylic oxidation sites excluding steroid dienone is 3. The Morgan fingerprint density at radius 1 is 1.10 bits per heavy atom. The monoisotopic (exact) mass is 547 g/mol. The smallest absolute Gasteiger partial charge is 0.325 e. The number of ether oxygens (including phenoxy) is 1. The molecule has 1 aromatic rings. The van der Waals surface area contributed by atoms with Gasteiger partial charge in [-0.05, 0) is 98.2 Å². The third kappa shape index (κ3) is 5.24. The van der Waals surface area contributed by atoms with Crippen molar-refractivity contribution in [2.75, 3.05) is 13.1 Å². The SMILES string of the molecule is CC(=O)N(CC(=O)NCC(=O)O[C@H]1CC[C@@]2(C)C(=CC[C@@H]3[C@@H]2CC[C@]2(C)C(c4cccnc4)=CC[C@@H]32)C1)C(C)C. The highest BCUT2D eigenvalue weighted by molar-refractivity contribution is 5.86. The van der Waals surface area contributed by atoms with Crippen molar-refractivity contribution in [3.05, 3.63) is 47.8 Å². The van der Waals surface area contributed by atoms with Crippen LogP contribution in [0, 0.1) is 28.6 Å². The third-order valence-electron chi connectivity index (χ3n) is 10.7. The van der Waals surface area contributed by atoms with Gasteiger partial charge in [-0.25, -0.2) is 0 Å². The Morgan fingerprint density at radius 3 is 2.58 bits per heavy atom. The molecule has 4 aliphatic carbocycles. The van der Waals surface area contributed by atoms with Gasteiger partial charge in [0, 0.05) is 31.8 Å². The topological polar surface area (TPSA) is 88.6 Å². The van der Waals surface area contributed by atoms with Crippen LogP contribution in [0.1, 0.15) is 85.1 Å². The predicted octanol–water partition coefficient (Wildman–Crippen LogP) is 5.32. The molecule has 2 fully saturated rings. The van der Waals surface area contributed by atoms with Crippen LogP contribution < -0.4 is 5.32 Å². The average molecular weight is 548 g/mol. The molecule has 1 aromatic heterocycles. The first kappa shape index (κ1) is 28.6. The number of hydrogen-bond acceptors (Lipinski definition) is 5. The van der Waals surface area contributed by atoms with Gasteiger partial charge in [0.05, 0.1) is 6.54 Å². The molecule has 6 atom stereocenters. The molecule has 40 heavy (non-hydrogen) atoms. The second-order valence-corrected chi connectivity index (χ2v) is 13.2. The summed E-state index contributed by atoms with van der Waals surface area (Å²) in [7, 11) is 0. The van der Waals surface area contributed by atoms with Crippen LogP contribution in [0.25, 0.3) is 5.57 Å². The summed E-state index contributed by atoms with van der Waals surface area (Å²) in [4.78, 5) is 42.5. The Labute approximate surface area is 238 Å². The summed E-state index contributed by atoms with van der Waals surface area (Å²) in [6.45, 7) is 9.87. The van der Waals surface area contributed by atoms with E-state index >= 15 is 0 Å². The molecule has 0 aromatic carbocycles. The second-order valence-electron chi connectivity index (χ2n) is 13.2. The summed E-state index contributed by atoms with van der Waals surface area (Å²) in [6.07, 6.45) is 16.0. The Bertz CT molecular complexity index is 1210. The molecule has 2 saturated carbocycles. The molecule has 1 heterocycles. The van der Waals surface area contributed by atoms with E-state index in [1.54, 1.807) is 0 Å². The number of nitrogens with one attached hydrogen (secondary N) is 1. The van der Waals surface area contributed by atoms with Gasteiger partial charge in [-0.2, -0.15) is 0 Å². The molecule has 5 rings (SSSR count). The van der Waals surface area contributed by atoms with Gasteiger partial charge in [-0.3, -0.25) is 19.4 Å². The molecule has 0 saturated heterocycles. The van der Waals surface area contributed by atoms with Crippen LogP contribution in [-0.2, 0) is 19.1 Å². The highest BCUT2D eigenvalue weighted by atomic mass is 16.5. The molecule has 0 spiro atoms. The van der Waals surface area contributed by atoms with Gasteiger partial charge < -0.3 is 15.0 Å². The van der Waals surface area contributed by atoms with Gasteiger partial charge in [0.15, 0.2) is 0 Å². The Hall–Kier alpha value is -2.96. The Kier molecular flexibility index (Phi) is 7.95. The van der Waals surface area contributed by atoms with E-state index in [0.29, 0.717) is 17.8 Å².